The van der Waals surface area contributed by atoms with Gasteiger partial charge in [-0.15, -0.1) is 0 Å². The Balaban J connectivity index is 0.992. The summed E-state index contributed by atoms with van der Waals surface area (Å²) in [7, 11) is 0. The summed E-state index contributed by atoms with van der Waals surface area (Å²) in [6.07, 6.45) is 0. The summed E-state index contributed by atoms with van der Waals surface area (Å²) in [4.78, 5) is 15.3. The Labute approximate surface area is 356 Å². The number of hydrogen-bond donors (Lipinski definition) is 0. The van der Waals surface area contributed by atoms with Crippen LogP contribution < -0.4 is 0 Å². The Bertz CT molecular complexity index is 3100. The summed E-state index contributed by atoms with van der Waals surface area (Å²) in [5, 5.41) is 0. The monoisotopic (exact) mass is 777 g/mol. The van der Waals surface area contributed by atoms with E-state index in [1.807, 2.05) is 24.3 Å². The SMILES string of the molecule is c1ccc(-c2ccc(-c3ccc(-c4nc(-c5ccccc5)nc(-c5cccc(-c6ccc7c(c6)C(c6ccccc6)(c6ccccc6)c6ccccc6-7)c5)n4)cc3)cc2)cc1. The van der Waals surface area contributed by atoms with Crippen LogP contribution in [0.1, 0.15) is 22.3 Å². The maximum atomic E-state index is 5.15. The second kappa shape index (κ2) is 15.3. The highest BCUT2D eigenvalue weighted by Gasteiger charge is 2.46. The van der Waals surface area contributed by atoms with Crippen LogP contribution in [-0.4, -0.2) is 15.0 Å². The highest BCUT2D eigenvalue weighted by Crippen LogP contribution is 2.56. The standard InChI is InChI=1S/C58H39N3/c1-5-16-40(17-6-1)41-28-30-42(31-29-41)43-32-34-45(35-33-43)56-59-55(44-18-7-2-8-19-44)60-57(61-56)48-21-15-20-46(38-48)47-36-37-52-51-26-13-14-27-53(51)58(54(52)39-47,49-22-9-3-10-23-49)50-24-11-4-12-25-50/h1-39H. The molecule has 3 heteroatoms. The molecule has 0 radical (unpaired) electrons. The van der Waals surface area contributed by atoms with Crippen LogP contribution in [-0.2, 0) is 5.41 Å². The van der Waals surface area contributed by atoms with E-state index in [0.717, 1.165) is 38.9 Å². The number of fused-ring (bicyclic) bond motifs is 3. The Hall–Kier alpha value is -8.01. The molecular weight excluding hydrogens is 739 g/mol. The number of hydrogen-bond acceptors (Lipinski definition) is 3. The molecule has 0 fully saturated rings. The lowest BCUT2D eigenvalue weighted by molar-refractivity contribution is 0.769. The van der Waals surface area contributed by atoms with Crippen molar-refractivity contribution in [3.63, 3.8) is 0 Å². The van der Waals surface area contributed by atoms with Crippen molar-refractivity contribution >= 4 is 0 Å². The van der Waals surface area contributed by atoms with Gasteiger partial charge in [0.25, 0.3) is 0 Å². The van der Waals surface area contributed by atoms with Gasteiger partial charge in [-0.1, -0.05) is 224 Å². The molecule has 61 heavy (non-hydrogen) atoms. The predicted molar refractivity (Wildman–Crippen MR) is 250 cm³/mol. The Morgan fingerprint density at radius 2 is 0.590 bits per heavy atom. The summed E-state index contributed by atoms with van der Waals surface area (Å²) < 4.78 is 0. The molecule has 0 saturated carbocycles. The molecule has 286 valence electrons. The zero-order valence-corrected chi connectivity index (χ0v) is 33.4. The van der Waals surface area contributed by atoms with Gasteiger partial charge in [0.2, 0.25) is 0 Å². The minimum Gasteiger partial charge on any atom is -0.208 e. The van der Waals surface area contributed by atoms with Crippen LogP contribution in [0.15, 0.2) is 237 Å². The van der Waals surface area contributed by atoms with E-state index in [0.29, 0.717) is 17.5 Å². The molecule has 0 spiro atoms. The first kappa shape index (κ1) is 36.1. The smallest absolute Gasteiger partial charge is 0.164 e. The number of benzene rings is 9. The Kier molecular flexibility index (Phi) is 9.05. The second-order valence-electron chi connectivity index (χ2n) is 15.6. The fraction of sp³-hybridized carbons (Fsp3) is 0.0172. The predicted octanol–water partition coefficient (Wildman–Crippen LogP) is 14.2. The van der Waals surface area contributed by atoms with E-state index in [9.17, 15) is 0 Å². The first-order valence-corrected chi connectivity index (χ1v) is 20.8. The Morgan fingerprint density at radius 3 is 1.16 bits per heavy atom. The lowest BCUT2D eigenvalue weighted by Gasteiger charge is -2.34. The summed E-state index contributed by atoms with van der Waals surface area (Å²) >= 11 is 0. The zero-order chi connectivity index (χ0) is 40.6. The maximum absolute atomic E-state index is 5.15. The van der Waals surface area contributed by atoms with Gasteiger partial charge in [-0.25, -0.2) is 15.0 Å². The Morgan fingerprint density at radius 1 is 0.230 bits per heavy atom. The van der Waals surface area contributed by atoms with Crippen molar-refractivity contribution in [1.29, 1.82) is 0 Å². The number of rotatable bonds is 8. The first-order chi connectivity index (χ1) is 30.2. The molecule has 1 aliphatic rings. The van der Waals surface area contributed by atoms with E-state index in [2.05, 4.69) is 212 Å². The van der Waals surface area contributed by atoms with Gasteiger partial charge in [-0.2, -0.15) is 0 Å². The van der Waals surface area contributed by atoms with Crippen LogP contribution >= 0.6 is 0 Å². The van der Waals surface area contributed by atoms with E-state index in [-0.39, 0.29) is 0 Å². The van der Waals surface area contributed by atoms with Gasteiger partial charge in [0.1, 0.15) is 0 Å². The van der Waals surface area contributed by atoms with Crippen molar-refractivity contribution in [2.75, 3.05) is 0 Å². The van der Waals surface area contributed by atoms with Crippen LogP contribution in [0, 0.1) is 0 Å². The van der Waals surface area contributed by atoms with Crippen molar-refractivity contribution in [2.24, 2.45) is 0 Å². The number of aromatic nitrogens is 3. The van der Waals surface area contributed by atoms with Crippen molar-refractivity contribution in [1.82, 2.24) is 15.0 Å². The molecule has 0 aliphatic heterocycles. The van der Waals surface area contributed by atoms with Crippen molar-refractivity contribution in [2.45, 2.75) is 5.41 Å². The minimum absolute atomic E-state index is 0.475. The van der Waals surface area contributed by atoms with E-state index in [4.69, 9.17) is 15.0 Å². The van der Waals surface area contributed by atoms with Gasteiger partial charge < -0.3 is 0 Å². The fourth-order valence-corrected chi connectivity index (χ4v) is 9.11. The molecular formula is C58H39N3. The third-order valence-electron chi connectivity index (χ3n) is 12.0. The first-order valence-electron chi connectivity index (χ1n) is 20.8. The molecule has 1 aromatic heterocycles. The largest absolute Gasteiger partial charge is 0.208 e. The molecule has 1 heterocycles. The summed E-state index contributed by atoms with van der Waals surface area (Å²) in [6.45, 7) is 0. The molecule has 3 nitrogen and oxygen atoms in total. The molecule has 10 aromatic rings. The van der Waals surface area contributed by atoms with Crippen LogP contribution in [0.5, 0.6) is 0 Å². The van der Waals surface area contributed by atoms with Crippen molar-refractivity contribution in [3.8, 4) is 78.7 Å². The molecule has 0 amide bonds. The quantitative estimate of drug-likeness (QED) is 0.154. The third-order valence-corrected chi connectivity index (χ3v) is 12.0. The average Bonchev–Trinajstić information content (AvgIpc) is 3.65. The van der Waals surface area contributed by atoms with Gasteiger partial charge >= 0.3 is 0 Å². The highest BCUT2D eigenvalue weighted by molar-refractivity contribution is 5.89. The van der Waals surface area contributed by atoms with Gasteiger partial charge in [-0.3, -0.25) is 0 Å². The molecule has 0 atom stereocenters. The number of nitrogens with zero attached hydrogens (tertiary/aromatic N) is 3. The molecule has 0 unspecified atom stereocenters. The normalized spacial score (nSPS) is 12.4. The molecule has 1 aliphatic carbocycles. The second-order valence-corrected chi connectivity index (χ2v) is 15.6. The van der Waals surface area contributed by atoms with Gasteiger partial charge in [0.15, 0.2) is 17.5 Å². The molecule has 0 N–H and O–H groups in total. The van der Waals surface area contributed by atoms with E-state index >= 15 is 0 Å². The van der Waals surface area contributed by atoms with Crippen molar-refractivity contribution in [3.05, 3.63) is 259 Å². The lowest BCUT2D eigenvalue weighted by atomic mass is 9.67. The van der Waals surface area contributed by atoms with Gasteiger partial charge in [-0.05, 0) is 78.9 Å². The maximum Gasteiger partial charge on any atom is 0.164 e. The molecule has 0 saturated heterocycles. The minimum atomic E-state index is -0.475. The topological polar surface area (TPSA) is 38.7 Å². The van der Waals surface area contributed by atoms with Crippen LogP contribution in [0.3, 0.4) is 0 Å². The van der Waals surface area contributed by atoms with Crippen LogP contribution in [0.25, 0.3) is 78.7 Å². The third kappa shape index (κ3) is 6.44. The van der Waals surface area contributed by atoms with Crippen molar-refractivity contribution < 1.29 is 0 Å². The zero-order valence-electron chi connectivity index (χ0n) is 33.4. The van der Waals surface area contributed by atoms with Gasteiger partial charge in [0, 0.05) is 16.7 Å². The fourth-order valence-electron chi connectivity index (χ4n) is 9.11. The molecule has 11 rings (SSSR count). The summed E-state index contributed by atoms with van der Waals surface area (Å²) in [6, 6.07) is 84.2. The van der Waals surface area contributed by atoms with E-state index < -0.39 is 5.41 Å². The lowest BCUT2D eigenvalue weighted by Crippen LogP contribution is -2.28. The van der Waals surface area contributed by atoms with E-state index in [1.165, 1.54) is 44.5 Å². The molecule has 9 aromatic carbocycles. The summed E-state index contributed by atoms with van der Waals surface area (Å²) in [5.74, 6) is 1.89. The van der Waals surface area contributed by atoms with Crippen LogP contribution in [0.4, 0.5) is 0 Å². The average molecular weight is 778 g/mol. The van der Waals surface area contributed by atoms with Crippen LogP contribution in [0.2, 0.25) is 0 Å². The highest BCUT2D eigenvalue weighted by atomic mass is 15.0. The summed E-state index contributed by atoms with van der Waals surface area (Å²) in [5.41, 5.74) is 16.8. The van der Waals surface area contributed by atoms with Gasteiger partial charge in [0.05, 0.1) is 5.41 Å². The molecule has 0 bridgehead atoms. The van der Waals surface area contributed by atoms with E-state index in [1.54, 1.807) is 0 Å².